The van der Waals surface area contributed by atoms with Gasteiger partial charge < -0.3 is 10.2 Å². The topological polar surface area (TPSA) is 49.4 Å². The highest BCUT2D eigenvalue weighted by Crippen LogP contribution is 2.20. The third-order valence-electron chi connectivity index (χ3n) is 4.10. The van der Waals surface area contributed by atoms with E-state index in [1.165, 1.54) is 19.4 Å². The van der Waals surface area contributed by atoms with Gasteiger partial charge in [-0.05, 0) is 45.7 Å². The van der Waals surface area contributed by atoms with Gasteiger partial charge in [0.05, 0.1) is 11.5 Å². The van der Waals surface area contributed by atoms with E-state index in [0.29, 0.717) is 23.5 Å². The Morgan fingerprint density at radius 2 is 2.12 bits per heavy atom. The molecule has 2 aliphatic rings. The summed E-state index contributed by atoms with van der Waals surface area (Å²) in [7, 11) is -0.590. The molecule has 1 N–H and O–H groups in total. The van der Waals surface area contributed by atoms with Gasteiger partial charge in [0.2, 0.25) is 0 Å². The van der Waals surface area contributed by atoms with Crippen LogP contribution < -0.4 is 5.32 Å². The molecular weight excluding hydrogens is 236 g/mol. The summed E-state index contributed by atoms with van der Waals surface area (Å²) in [6, 6.07) is 0.610. The number of nitrogens with one attached hydrogen (secondary N) is 1. The molecule has 2 saturated heterocycles. The molecule has 0 saturated carbocycles. The van der Waals surface area contributed by atoms with Crippen molar-refractivity contribution in [1.29, 1.82) is 0 Å². The number of nitrogens with zero attached hydrogens (tertiary/aromatic N) is 1. The van der Waals surface area contributed by atoms with Crippen LogP contribution in [0.25, 0.3) is 0 Å². The zero-order valence-corrected chi connectivity index (χ0v) is 11.7. The Kier molecular flexibility index (Phi) is 4.10. The molecule has 2 aliphatic heterocycles. The molecule has 2 heterocycles. The zero-order valence-electron chi connectivity index (χ0n) is 10.9. The van der Waals surface area contributed by atoms with Crippen LogP contribution in [0.4, 0.5) is 0 Å². The van der Waals surface area contributed by atoms with E-state index in [0.717, 1.165) is 13.0 Å². The summed E-state index contributed by atoms with van der Waals surface area (Å²) in [5.74, 6) is 1.36. The van der Waals surface area contributed by atoms with E-state index in [4.69, 9.17) is 0 Å². The SMILES string of the molecule is CC(NC1CCS(=O)(=O)C1)C1CCCN(C)C1. The Hall–Kier alpha value is -0.130. The van der Waals surface area contributed by atoms with Crippen molar-refractivity contribution in [2.45, 2.75) is 38.3 Å². The second kappa shape index (κ2) is 5.24. The van der Waals surface area contributed by atoms with Crippen LogP contribution in [0.2, 0.25) is 0 Å². The molecule has 3 unspecified atom stereocenters. The van der Waals surface area contributed by atoms with Crippen LogP contribution in [0.1, 0.15) is 26.2 Å². The van der Waals surface area contributed by atoms with Crippen LogP contribution >= 0.6 is 0 Å². The largest absolute Gasteiger partial charge is 0.310 e. The second-order valence-corrected chi connectivity index (χ2v) is 7.95. The zero-order chi connectivity index (χ0) is 12.5. The molecule has 0 aromatic rings. The molecule has 0 amide bonds. The minimum atomic E-state index is -2.76. The second-order valence-electron chi connectivity index (χ2n) is 5.72. The predicted octanol–water partition coefficient (Wildman–Crippen LogP) is 0.493. The number of piperidine rings is 1. The Balaban J connectivity index is 1.82. The number of likely N-dealkylation sites (tertiary alicyclic amines) is 1. The van der Waals surface area contributed by atoms with E-state index in [-0.39, 0.29) is 6.04 Å². The fourth-order valence-corrected chi connectivity index (χ4v) is 4.73. The summed E-state index contributed by atoms with van der Waals surface area (Å²) < 4.78 is 22.8. The van der Waals surface area contributed by atoms with Crippen LogP contribution in [0.15, 0.2) is 0 Å². The number of sulfone groups is 1. The lowest BCUT2D eigenvalue weighted by Crippen LogP contribution is -2.46. The van der Waals surface area contributed by atoms with E-state index >= 15 is 0 Å². The molecule has 5 heteroatoms. The number of hydrogen-bond donors (Lipinski definition) is 1. The van der Waals surface area contributed by atoms with Gasteiger partial charge in [-0.2, -0.15) is 0 Å². The van der Waals surface area contributed by atoms with Crippen LogP contribution in [0, 0.1) is 5.92 Å². The van der Waals surface area contributed by atoms with Crippen molar-refractivity contribution in [3.63, 3.8) is 0 Å². The van der Waals surface area contributed by atoms with Gasteiger partial charge in [-0.15, -0.1) is 0 Å². The van der Waals surface area contributed by atoms with Gasteiger partial charge in [-0.3, -0.25) is 0 Å². The third-order valence-corrected chi connectivity index (χ3v) is 5.87. The highest BCUT2D eigenvalue weighted by atomic mass is 32.2. The van der Waals surface area contributed by atoms with E-state index in [1.54, 1.807) is 0 Å². The first kappa shape index (κ1) is 13.3. The molecule has 0 spiro atoms. The molecule has 17 heavy (non-hydrogen) atoms. The molecular formula is C12H24N2O2S. The van der Waals surface area contributed by atoms with E-state index in [1.807, 2.05) is 0 Å². The molecule has 4 nitrogen and oxygen atoms in total. The first-order valence-electron chi connectivity index (χ1n) is 6.61. The van der Waals surface area contributed by atoms with Crippen molar-refractivity contribution in [1.82, 2.24) is 10.2 Å². The molecule has 100 valence electrons. The summed E-state index contributed by atoms with van der Waals surface area (Å²) in [6.07, 6.45) is 3.31. The fourth-order valence-electron chi connectivity index (χ4n) is 3.05. The fraction of sp³-hybridized carbons (Fsp3) is 1.00. The van der Waals surface area contributed by atoms with Crippen LogP contribution in [0.5, 0.6) is 0 Å². The van der Waals surface area contributed by atoms with Crippen LogP contribution in [0.3, 0.4) is 0 Å². The normalized spacial score (nSPS) is 35.9. The van der Waals surface area contributed by atoms with Gasteiger partial charge >= 0.3 is 0 Å². The molecule has 0 aromatic heterocycles. The van der Waals surface area contributed by atoms with Crippen molar-refractivity contribution in [3.8, 4) is 0 Å². The highest BCUT2D eigenvalue weighted by Gasteiger charge is 2.31. The van der Waals surface area contributed by atoms with Crippen molar-refractivity contribution in [2.75, 3.05) is 31.6 Å². The lowest BCUT2D eigenvalue weighted by molar-refractivity contribution is 0.174. The smallest absolute Gasteiger partial charge is 0.151 e. The van der Waals surface area contributed by atoms with Crippen molar-refractivity contribution < 1.29 is 8.42 Å². The summed E-state index contributed by atoms with van der Waals surface area (Å²) >= 11 is 0. The van der Waals surface area contributed by atoms with E-state index in [2.05, 4.69) is 24.2 Å². The lowest BCUT2D eigenvalue weighted by atomic mass is 9.91. The Morgan fingerprint density at radius 1 is 1.35 bits per heavy atom. The van der Waals surface area contributed by atoms with Crippen LogP contribution in [-0.4, -0.2) is 57.0 Å². The van der Waals surface area contributed by atoms with Crippen LogP contribution in [-0.2, 0) is 9.84 Å². The minimum absolute atomic E-state index is 0.183. The number of rotatable bonds is 3. The molecule has 2 fully saturated rings. The highest BCUT2D eigenvalue weighted by molar-refractivity contribution is 7.91. The average molecular weight is 260 g/mol. The summed E-state index contributed by atoms with van der Waals surface area (Å²) in [5, 5.41) is 3.52. The molecule has 0 aliphatic carbocycles. The Morgan fingerprint density at radius 3 is 2.71 bits per heavy atom. The number of hydrogen-bond acceptors (Lipinski definition) is 4. The van der Waals surface area contributed by atoms with Gasteiger partial charge in [-0.1, -0.05) is 0 Å². The predicted molar refractivity (Wildman–Crippen MR) is 69.9 cm³/mol. The van der Waals surface area contributed by atoms with Gasteiger partial charge in [-0.25, -0.2) is 8.42 Å². The summed E-state index contributed by atoms with van der Waals surface area (Å²) in [6.45, 7) is 4.53. The standard InChI is InChI=1S/C12H24N2O2S/c1-10(11-4-3-6-14(2)8-11)13-12-5-7-17(15,16)9-12/h10-13H,3-9H2,1-2H3. The van der Waals surface area contributed by atoms with Gasteiger partial charge in [0.25, 0.3) is 0 Å². The van der Waals surface area contributed by atoms with E-state index < -0.39 is 9.84 Å². The first-order valence-corrected chi connectivity index (χ1v) is 8.43. The third kappa shape index (κ3) is 3.66. The lowest BCUT2D eigenvalue weighted by Gasteiger charge is -2.35. The summed E-state index contributed by atoms with van der Waals surface area (Å²) in [4.78, 5) is 2.37. The first-order chi connectivity index (χ1) is 7.96. The van der Waals surface area contributed by atoms with Crippen molar-refractivity contribution >= 4 is 9.84 Å². The quantitative estimate of drug-likeness (QED) is 0.802. The Bertz CT molecular complexity index is 356. The maximum absolute atomic E-state index is 11.4. The maximum atomic E-state index is 11.4. The summed E-state index contributed by atoms with van der Waals surface area (Å²) in [5.41, 5.74) is 0. The van der Waals surface area contributed by atoms with Gasteiger partial charge in [0.15, 0.2) is 9.84 Å². The average Bonchev–Trinajstić information content (AvgIpc) is 2.58. The van der Waals surface area contributed by atoms with Crippen molar-refractivity contribution in [3.05, 3.63) is 0 Å². The Labute approximate surface area is 105 Å². The molecule has 0 bridgehead atoms. The molecule has 2 rings (SSSR count). The van der Waals surface area contributed by atoms with Gasteiger partial charge in [0, 0.05) is 18.6 Å². The minimum Gasteiger partial charge on any atom is -0.310 e. The van der Waals surface area contributed by atoms with E-state index in [9.17, 15) is 8.42 Å². The monoisotopic (exact) mass is 260 g/mol. The molecule has 0 radical (unpaired) electrons. The van der Waals surface area contributed by atoms with Crippen molar-refractivity contribution in [2.24, 2.45) is 5.92 Å². The van der Waals surface area contributed by atoms with Gasteiger partial charge in [0.1, 0.15) is 0 Å². The maximum Gasteiger partial charge on any atom is 0.151 e. The molecule has 3 atom stereocenters. The molecule has 0 aromatic carbocycles.